The van der Waals surface area contributed by atoms with E-state index in [2.05, 4.69) is 10.3 Å². The van der Waals surface area contributed by atoms with Crippen LogP contribution in [0.2, 0.25) is 0 Å². The van der Waals surface area contributed by atoms with Crippen molar-refractivity contribution in [3.63, 3.8) is 0 Å². The molecule has 7 nitrogen and oxygen atoms in total. The van der Waals surface area contributed by atoms with Crippen LogP contribution < -0.4 is 19.5 Å². The topological polar surface area (TPSA) is 72.9 Å². The molecule has 2 amide bonds. The van der Waals surface area contributed by atoms with Crippen LogP contribution in [0.3, 0.4) is 0 Å². The molecule has 2 heterocycles. The molecule has 1 aromatic carbocycles. The van der Waals surface area contributed by atoms with Gasteiger partial charge in [-0.2, -0.15) is 13.2 Å². The number of nitrogens with zero attached hydrogens (tertiary/aromatic N) is 2. The first-order chi connectivity index (χ1) is 13.3. The summed E-state index contributed by atoms with van der Waals surface area (Å²) < 4.78 is 53.9. The number of pyridine rings is 1. The first-order valence-corrected chi connectivity index (χ1v) is 8.27. The number of rotatable bonds is 5. The van der Waals surface area contributed by atoms with Crippen molar-refractivity contribution in [1.29, 1.82) is 0 Å². The molecular weight excluding hydrogens is 379 g/mol. The second kappa shape index (κ2) is 7.83. The summed E-state index contributed by atoms with van der Waals surface area (Å²) in [6, 6.07) is 6.29. The van der Waals surface area contributed by atoms with Gasteiger partial charge in [0.25, 0.3) is 0 Å². The number of aromatic nitrogens is 1. The van der Waals surface area contributed by atoms with Gasteiger partial charge in [-0.1, -0.05) is 0 Å². The fourth-order valence-electron chi connectivity index (χ4n) is 2.58. The van der Waals surface area contributed by atoms with E-state index in [0.29, 0.717) is 17.2 Å². The molecule has 150 valence electrons. The Balaban J connectivity index is 1.55. The highest BCUT2D eigenvalue weighted by atomic mass is 19.4. The summed E-state index contributed by atoms with van der Waals surface area (Å²) in [7, 11) is 3.00. The Morgan fingerprint density at radius 1 is 1.14 bits per heavy atom. The van der Waals surface area contributed by atoms with E-state index < -0.39 is 17.8 Å². The number of urea groups is 1. The van der Waals surface area contributed by atoms with Gasteiger partial charge in [0.05, 0.1) is 32.9 Å². The maximum Gasteiger partial charge on any atom is 0.416 e. The van der Waals surface area contributed by atoms with Crippen LogP contribution in [-0.2, 0) is 6.18 Å². The molecule has 0 aliphatic carbocycles. The first kappa shape index (κ1) is 19.6. The standard InChI is InChI=1S/C18H18F3N3O4/c1-26-13-6-12(7-14(8-13)27-2)23-17(25)24-9-15(10-24)28-16-5-11(3-4-22-16)18(19,20)21/h3-8,15H,9-10H2,1-2H3,(H,23,25). The molecule has 0 saturated carbocycles. The number of carbonyl (C=O) groups excluding carboxylic acids is 1. The molecule has 0 unspecified atom stereocenters. The van der Waals surface area contributed by atoms with E-state index in [4.69, 9.17) is 14.2 Å². The van der Waals surface area contributed by atoms with E-state index in [-0.39, 0.29) is 25.0 Å². The zero-order valence-corrected chi connectivity index (χ0v) is 15.1. The van der Waals surface area contributed by atoms with Gasteiger partial charge in [-0.25, -0.2) is 9.78 Å². The number of benzene rings is 1. The smallest absolute Gasteiger partial charge is 0.416 e. The number of alkyl halides is 3. The first-order valence-electron chi connectivity index (χ1n) is 8.27. The molecule has 0 radical (unpaired) electrons. The fraction of sp³-hybridized carbons (Fsp3) is 0.333. The van der Waals surface area contributed by atoms with Crippen molar-refractivity contribution < 1.29 is 32.2 Å². The average Bonchev–Trinajstić information content (AvgIpc) is 2.63. The number of amides is 2. The predicted octanol–water partition coefficient (Wildman–Crippen LogP) is 3.41. The summed E-state index contributed by atoms with van der Waals surface area (Å²) in [5.41, 5.74) is -0.344. The SMILES string of the molecule is COc1cc(NC(=O)N2CC(Oc3cc(C(F)(F)F)ccn3)C2)cc(OC)c1. The molecule has 1 aliphatic heterocycles. The highest BCUT2D eigenvalue weighted by Crippen LogP contribution is 2.31. The molecular formula is C18H18F3N3O4. The quantitative estimate of drug-likeness (QED) is 0.837. The number of halogens is 3. The molecule has 0 bridgehead atoms. The van der Waals surface area contributed by atoms with E-state index in [1.54, 1.807) is 18.2 Å². The molecule has 0 atom stereocenters. The predicted molar refractivity (Wildman–Crippen MR) is 93.8 cm³/mol. The summed E-state index contributed by atoms with van der Waals surface area (Å²) in [5, 5.41) is 2.71. The monoisotopic (exact) mass is 397 g/mol. The maximum atomic E-state index is 12.7. The van der Waals surface area contributed by atoms with Crippen molar-refractivity contribution in [3.05, 3.63) is 42.1 Å². The van der Waals surface area contributed by atoms with E-state index in [1.165, 1.54) is 19.1 Å². The number of likely N-dealkylation sites (tertiary alicyclic amines) is 1. The third-order valence-corrected chi connectivity index (χ3v) is 4.09. The van der Waals surface area contributed by atoms with E-state index in [0.717, 1.165) is 18.3 Å². The van der Waals surface area contributed by atoms with Crippen LogP contribution in [0.4, 0.5) is 23.7 Å². The summed E-state index contributed by atoms with van der Waals surface area (Å²) in [4.78, 5) is 17.5. The third-order valence-electron chi connectivity index (χ3n) is 4.09. The second-order valence-corrected chi connectivity index (χ2v) is 6.06. The summed E-state index contributed by atoms with van der Waals surface area (Å²) in [6.45, 7) is 0.454. The van der Waals surface area contributed by atoms with Crippen LogP contribution in [0.1, 0.15) is 5.56 Å². The molecule has 0 spiro atoms. The van der Waals surface area contributed by atoms with Gasteiger partial charge in [-0.05, 0) is 6.07 Å². The van der Waals surface area contributed by atoms with E-state index in [1.807, 2.05) is 0 Å². The van der Waals surface area contributed by atoms with Gasteiger partial charge in [0.15, 0.2) is 0 Å². The molecule has 1 aromatic heterocycles. The van der Waals surface area contributed by atoms with Crippen LogP contribution >= 0.6 is 0 Å². The molecule has 1 saturated heterocycles. The van der Waals surface area contributed by atoms with Crippen LogP contribution in [0, 0.1) is 0 Å². The second-order valence-electron chi connectivity index (χ2n) is 6.06. The van der Waals surface area contributed by atoms with Gasteiger partial charge >= 0.3 is 12.2 Å². The number of anilines is 1. The van der Waals surface area contributed by atoms with Crippen molar-refractivity contribution in [3.8, 4) is 17.4 Å². The maximum absolute atomic E-state index is 12.7. The molecule has 2 aromatic rings. The van der Waals surface area contributed by atoms with Crippen LogP contribution in [0.15, 0.2) is 36.5 Å². The molecule has 1 fully saturated rings. The van der Waals surface area contributed by atoms with Crippen LogP contribution in [0.5, 0.6) is 17.4 Å². The number of methoxy groups -OCH3 is 2. The Morgan fingerprint density at radius 3 is 2.36 bits per heavy atom. The van der Waals surface area contributed by atoms with Crippen LogP contribution in [-0.4, -0.2) is 49.3 Å². The number of hydrogen-bond donors (Lipinski definition) is 1. The summed E-state index contributed by atoms with van der Waals surface area (Å²) >= 11 is 0. The Kier molecular flexibility index (Phi) is 5.48. The van der Waals surface area contributed by atoms with Crippen molar-refractivity contribution in [1.82, 2.24) is 9.88 Å². The zero-order chi connectivity index (χ0) is 20.3. The van der Waals surface area contributed by atoms with Crippen LogP contribution in [0.25, 0.3) is 0 Å². The molecule has 10 heteroatoms. The van der Waals surface area contributed by atoms with Gasteiger partial charge in [0.2, 0.25) is 5.88 Å². The van der Waals surface area contributed by atoms with Crippen molar-refractivity contribution in [2.24, 2.45) is 0 Å². The summed E-state index contributed by atoms with van der Waals surface area (Å²) in [6.07, 6.45) is -3.86. The van der Waals surface area contributed by atoms with Crippen molar-refractivity contribution in [2.45, 2.75) is 12.3 Å². The van der Waals surface area contributed by atoms with Gasteiger partial charge in [0.1, 0.15) is 17.6 Å². The minimum Gasteiger partial charge on any atom is -0.497 e. The number of nitrogens with one attached hydrogen (secondary N) is 1. The van der Waals surface area contributed by atoms with Gasteiger partial charge < -0.3 is 24.4 Å². The Bertz CT molecular complexity index is 832. The van der Waals surface area contributed by atoms with Gasteiger partial charge in [-0.3, -0.25) is 0 Å². The zero-order valence-electron chi connectivity index (χ0n) is 15.1. The lowest BCUT2D eigenvalue weighted by Crippen LogP contribution is -2.57. The minimum atomic E-state index is -4.47. The lowest BCUT2D eigenvalue weighted by Gasteiger charge is -2.38. The van der Waals surface area contributed by atoms with Gasteiger partial charge in [-0.15, -0.1) is 0 Å². The number of carbonyl (C=O) groups is 1. The highest BCUT2D eigenvalue weighted by Gasteiger charge is 2.34. The summed E-state index contributed by atoms with van der Waals surface area (Å²) in [5.74, 6) is 0.919. The Hall–Kier alpha value is -3.17. The molecule has 1 aliphatic rings. The number of hydrogen-bond acceptors (Lipinski definition) is 5. The third kappa shape index (κ3) is 4.56. The van der Waals surface area contributed by atoms with E-state index >= 15 is 0 Å². The normalized spacial score (nSPS) is 14.2. The van der Waals surface area contributed by atoms with Crippen molar-refractivity contribution >= 4 is 11.7 Å². The average molecular weight is 397 g/mol. The highest BCUT2D eigenvalue weighted by molar-refractivity contribution is 5.90. The Labute approximate surface area is 159 Å². The molecule has 3 rings (SSSR count). The lowest BCUT2D eigenvalue weighted by atomic mass is 10.2. The number of ether oxygens (including phenoxy) is 3. The largest absolute Gasteiger partial charge is 0.497 e. The lowest BCUT2D eigenvalue weighted by molar-refractivity contribution is -0.137. The fourth-order valence-corrected chi connectivity index (χ4v) is 2.58. The van der Waals surface area contributed by atoms with Gasteiger partial charge in [0, 0.05) is 36.1 Å². The van der Waals surface area contributed by atoms with Crippen molar-refractivity contribution in [2.75, 3.05) is 32.6 Å². The molecule has 1 N–H and O–H groups in total. The minimum absolute atomic E-state index is 0.127. The molecule has 28 heavy (non-hydrogen) atoms. The van der Waals surface area contributed by atoms with E-state index in [9.17, 15) is 18.0 Å². The Morgan fingerprint density at radius 2 is 1.79 bits per heavy atom.